The fourth-order valence-corrected chi connectivity index (χ4v) is 5.83. The van der Waals surface area contributed by atoms with Gasteiger partial charge in [0.25, 0.3) is 0 Å². The molecule has 0 fully saturated rings. The van der Waals surface area contributed by atoms with Gasteiger partial charge >= 0.3 is 82.4 Å². The molecule has 59 valence electrons. The van der Waals surface area contributed by atoms with Crippen molar-refractivity contribution in [1.82, 2.24) is 0 Å². The number of hydrogen-bond acceptors (Lipinski definition) is 1. The Morgan fingerprint density at radius 2 is 2.00 bits per heavy atom. The van der Waals surface area contributed by atoms with Gasteiger partial charge < -0.3 is 0 Å². The molecule has 1 atom stereocenters. The van der Waals surface area contributed by atoms with Crippen LogP contribution in [0.5, 0.6) is 0 Å². The molecule has 1 aliphatic carbocycles. The van der Waals surface area contributed by atoms with Crippen molar-refractivity contribution in [2.75, 3.05) is 0 Å². The van der Waals surface area contributed by atoms with Gasteiger partial charge in [0.15, 0.2) is 0 Å². The summed E-state index contributed by atoms with van der Waals surface area (Å²) in [4.78, 5) is 0. The summed E-state index contributed by atoms with van der Waals surface area (Å²) < 4.78 is 12.3. The fraction of sp³-hybridized carbons (Fsp3) is 0.500. The molecule has 11 heavy (non-hydrogen) atoms. The molecule has 0 spiro atoms. The van der Waals surface area contributed by atoms with Gasteiger partial charge in [0.2, 0.25) is 0 Å². The van der Waals surface area contributed by atoms with Crippen molar-refractivity contribution in [3.05, 3.63) is 19.7 Å². The van der Waals surface area contributed by atoms with Crippen LogP contribution in [0.15, 0.2) is 19.7 Å². The molecular weight excluding hydrogens is 319 g/mol. The van der Waals surface area contributed by atoms with Gasteiger partial charge in [0.05, 0.1) is 0 Å². The first-order chi connectivity index (χ1) is 5.09. The van der Waals surface area contributed by atoms with Gasteiger partial charge in [-0.15, -0.1) is 0 Å². The number of allylic oxidation sites excluding steroid dienone is 4. The second kappa shape index (κ2) is 3.40. The molecule has 0 saturated heterocycles. The van der Waals surface area contributed by atoms with Crippen LogP contribution in [-0.2, 0) is 25.8 Å². The van der Waals surface area contributed by atoms with Crippen LogP contribution in [0, 0.1) is 5.92 Å². The van der Waals surface area contributed by atoms with E-state index >= 15 is 0 Å². The van der Waals surface area contributed by atoms with Gasteiger partial charge in [-0.1, -0.05) is 0 Å². The SMILES string of the molecule is CC1=C(C)C(C)[C]([Hf]=[O])=C1[SiH3]. The average molecular weight is 332 g/mol. The summed E-state index contributed by atoms with van der Waals surface area (Å²) >= 11 is -1.60. The number of rotatable bonds is 1. The van der Waals surface area contributed by atoms with Crippen molar-refractivity contribution >= 4 is 10.2 Å². The average Bonchev–Trinajstić information content (AvgIpc) is 2.17. The first-order valence-corrected chi connectivity index (χ1v) is 8.12. The van der Waals surface area contributed by atoms with E-state index in [1.165, 1.54) is 19.7 Å². The Morgan fingerprint density at radius 3 is 2.18 bits per heavy atom. The van der Waals surface area contributed by atoms with E-state index < -0.39 is 22.9 Å². The molecule has 0 bridgehead atoms. The van der Waals surface area contributed by atoms with E-state index in [9.17, 15) is 2.85 Å². The van der Waals surface area contributed by atoms with Crippen molar-refractivity contribution in [3.8, 4) is 0 Å². The van der Waals surface area contributed by atoms with Crippen LogP contribution in [0.1, 0.15) is 20.8 Å². The minimum atomic E-state index is -1.60. The Balaban J connectivity index is 3.14. The van der Waals surface area contributed by atoms with E-state index in [1.807, 2.05) is 0 Å². The molecule has 0 amide bonds. The van der Waals surface area contributed by atoms with E-state index in [0.29, 0.717) is 5.92 Å². The van der Waals surface area contributed by atoms with Crippen LogP contribution in [-0.4, -0.2) is 10.2 Å². The van der Waals surface area contributed by atoms with Crippen LogP contribution in [0.2, 0.25) is 0 Å². The van der Waals surface area contributed by atoms with Gasteiger partial charge in [-0.2, -0.15) is 0 Å². The second-order valence-electron chi connectivity index (χ2n) is 3.17. The molecule has 0 heterocycles. The van der Waals surface area contributed by atoms with Crippen LogP contribution in [0.25, 0.3) is 0 Å². The molecule has 0 aliphatic heterocycles. The maximum atomic E-state index is 11.0. The summed E-state index contributed by atoms with van der Waals surface area (Å²) in [5.41, 5.74) is 2.89. The molecule has 0 aromatic rings. The van der Waals surface area contributed by atoms with Crippen LogP contribution >= 0.6 is 0 Å². The maximum absolute atomic E-state index is 11.0. The molecule has 0 saturated carbocycles. The molecular formula is C8H13HfOSi. The standard InChI is InChI=1S/C8H13Si.Hf.O/c1-5-4-8(9)7(3)6(5)2;;/h5H,1-3,9H3;;. The summed E-state index contributed by atoms with van der Waals surface area (Å²) in [6.45, 7) is 6.52. The molecule has 1 aliphatic rings. The van der Waals surface area contributed by atoms with Crippen molar-refractivity contribution in [2.45, 2.75) is 20.8 Å². The Hall–Kier alpha value is 0.367. The normalized spacial score (nSPS) is 24.8. The summed E-state index contributed by atoms with van der Waals surface area (Å²) in [5, 5.41) is 1.45. The third-order valence-electron chi connectivity index (χ3n) is 2.75. The summed E-state index contributed by atoms with van der Waals surface area (Å²) in [5.74, 6) is 0.517. The summed E-state index contributed by atoms with van der Waals surface area (Å²) in [7, 11) is 1.08. The van der Waals surface area contributed by atoms with Crippen molar-refractivity contribution in [1.29, 1.82) is 0 Å². The van der Waals surface area contributed by atoms with Gasteiger partial charge in [-0.25, -0.2) is 0 Å². The second-order valence-corrected chi connectivity index (χ2v) is 6.84. The topological polar surface area (TPSA) is 17.1 Å². The summed E-state index contributed by atoms with van der Waals surface area (Å²) in [6, 6.07) is 0. The Labute approximate surface area is 82.2 Å². The fourth-order valence-electron chi connectivity index (χ4n) is 1.53. The Bertz CT molecular complexity index is 265. The van der Waals surface area contributed by atoms with Crippen LogP contribution in [0.4, 0.5) is 0 Å². The third-order valence-corrected chi connectivity index (χ3v) is 9.53. The predicted octanol–water partition coefficient (Wildman–Crippen LogP) is 0.978. The van der Waals surface area contributed by atoms with Crippen molar-refractivity contribution < 1.29 is 25.8 Å². The molecule has 3 heteroatoms. The van der Waals surface area contributed by atoms with Gasteiger partial charge in [-0.3, -0.25) is 0 Å². The van der Waals surface area contributed by atoms with E-state index in [2.05, 4.69) is 20.8 Å². The molecule has 0 radical (unpaired) electrons. The first kappa shape index (κ1) is 9.45. The molecule has 0 N–H and O–H groups in total. The minimum absolute atomic E-state index is 0.517. The first-order valence-electron chi connectivity index (χ1n) is 3.86. The molecule has 0 aromatic carbocycles. The van der Waals surface area contributed by atoms with Crippen LogP contribution < -0.4 is 0 Å². The summed E-state index contributed by atoms with van der Waals surface area (Å²) in [6.07, 6.45) is 0. The van der Waals surface area contributed by atoms with Gasteiger partial charge in [0, 0.05) is 0 Å². The van der Waals surface area contributed by atoms with Crippen molar-refractivity contribution in [3.63, 3.8) is 0 Å². The van der Waals surface area contributed by atoms with E-state index in [0.717, 1.165) is 10.2 Å². The van der Waals surface area contributed by atoms with Crippen LogP contribution in [0.3, 0.4) is 0 Å². The zero-order valence-corrected chi connectivity index (χ0v) is 13.1. The Kier molecular flexibility index (Phi) is 2.92. The quantitative estimate of drug-likeness (QED) is 0.655. The van der Waals surface area contributed by atoms with Gasteiger partial charge in [0.1, 0.15) is 0 Å². The number of hydrogen-bond donors (Lipinski definition) is 0. The molecule has 0 aromatic heterocycles. The molecule has 1 rings (SSSR count). The van der Waals surface area contributed by atoms with Gasteiger partial charge in [-0.05, 0) is 0 Å². The zero-order valence-electron chi connectivity index (χ0n) is 7.49. The van der Waals surface area contributed by atoms with E-state index in [-0.39, 0.29) is 0 Å². The third kappa shape index (κ3) is 1.45. The molecule has 1 nitrogen and oxygen atoms in total. The predicted molar refractivity (Wildman–Crippen MR) is 45.2 cm³/mol. The van der Waals surface area contributed by atoms with Crippen molar-refractivity contribution in [2.24, 2.45) is 5.92 Å². The van der Waals surface area contributed by atoms with E-state index in [1.54, 1.807) is 0 Å². The zero-order chi connectivity index (χ0) is 8.59. The Morgan fingerprint density at radius 1 is 1.45 bits per heavy atom. The monoisotopic (exact) mass is 333 g/mol. The molecule has 1 unspecified atom stereocenters. The van der Waals surface area contributed by atoms with E-state index in [4.69, 9.17) is 0 Å².